The van der Waals surface area contributed by atoms with Crippen molar-refractivity contribution in [3.63, 3.8) is 0 Å². The van der Waals surface area contributed by atoms with Crippen LogP contribution >= 0.6 is 0 Å². The maximum atomic E-state index is 10.9. The molecule has 2 aromatic carbocycles. The molecule has 0 N–H and O–H groups in total. The topological polar surface area (TPSA) is 78.4 Å². The van der Waals surface area contributed by atoms with Crippen molar-refractivity contribution in [3.05, 3.63) is 64.5 Å². The largest absolute Gasteiger partial charge is 0.477 e. The highest BCUT2D eigenvalue weighted by atomic mass is 16.6. The number of nitro benzene ring substituents is 1. The van der Waals surface area contributed by atoms with Gasteiger partial charge in [0.15, 0.2) is 17.9 Å². The van der Waals surface area contributed by atoms with Gasteiger partial charge in [-0.3, -0.25) is 10.1 Å². The summed E-state index contributed by atoms with van der Waals surface area (Å²) in [4.78, 5) is 14.6. The molecule has 0 saturated carbocycles. The van der Waals surface area contributed by atoms with Crippen molar-refractivity contribution in [2.45, 2.75) is 6.61 Å². The Balaban J connectivity index is 1.81. The second kappa shape index (κ2) is 5.00. The van der Waals surface area contributed by atoms with Crippen LogP contribution in [0, 0.1) is 10.1 Å². The van der Waals surface area contributed by atoms with Crippen LogP contribution in [-0.4, -0.2) is 9.91 Å². The second-order valence-corrected chi connectivity index (χ2v) is 4.09. The monoisotopic (exact) mass is 270 g/mol. The normalized spacial score (nSPS) is 10.6. The number of fused-ring (bicyclic) bond motifs is 1. The van der Waals surface area contributed by atoms with E-state index < -0.39 is 4.92 Å². The smallest absolute Gasteiger partial charge is 0.310 e. The lowest BCUT2D eigenvalue weighted by Gasteiger charge is -2.03. The van der Waals surface area contributed by atoms with E-state index in [1.54, 1.807) is 24.3 Å². The quantitative estimate of drug-likeness (QED) is 0.536. The standard InChI is InChI=1S/C14H10N2O4/c17-16(18)11-6-2-4-8-13(11)19-9-14-15-10-5-1-3-7-12(10)20-14/h1-8H,9H2. The molecule has 3 aromatic rings. The van der Waals surface area contributed by atoms with E-state index in [9.17, 15) is 10.1 Å². The van der Waals surface area contributed by atoms with Crippen LogP contribution in [0.4, 0.5) is 5.69 Å². The molecule has 1 heterocycles. The van der Waals surface area contributed by atoms with Crippen molar-refractivity contribution >= 4 is 16.8 Å². The van der Waals surface area contributed by atoms with Crippen LogP contribution in [0.2, 0.25) is 0 Å². The third-order valence-corrected chi connectivity index (χ3v) is 2.75. The van der Waals surface area contributed by atoms with E-state index >= 15 is 0 Å². The summed E-state index contributed by atoms with van der Waals surface area (Å²) in [5.74, 6) is 0.573. The van der Waals surface area contributed by atoms with Gasteiger partial charge < -0.3 is 9.15 Å². The number of ether oxygens (including phenoxy) is 1. The average Bonchev–Trinajstić information content (AvgIpc) is 2.88. The molecule has 0 saturated heterocycles. The summed E-state index contributed by atoms with van der Waals surface area (Å²) in [6, 6.07) is 13.5. The first kappa shape index (κ1) is 12.2. The fourth-order valence-corrected chi connectivity index (χ4v) is 1.85. The number of hydrogen-bond donors (Lipinski definition) is 0. The molecule has 0 unspecified atom stereocenters. The maximum Gasteiger partial charge on any atom is 0.310 e. The molecule has 0 atom stereocenters. The molecule has 0 aliphatic rings. The van der Waals surface area contributed by atoms with Crippen LogP contribution < -0.4 is 4.74 Å². The highest BCUT2D eigenvalue weighted by Gasteiger charge is 2.14. The molecule has 0 spiro atoms. The lowest BCUT2D eigenvalue weighted by molar-refractivity contribution is -0.386. The maximum absolute atomic E-state index is 10.9. The molecular formula is C14H10N2O4. The molecule has 0 radical (unpaired) electrons. The number of hydrogen-bond acceptors (Lipinski definition) is 5. The Hall–Kier alpha value is -2.89. The van der Waals surface area contributed by atoms with Crippen LogP contribution in [0.5, 0.6) is 5.75 Å². The Morgan fingerprint density at radius 3 is 2.70 bits per heavy atom. The van der Waals surface area contributed by atoms with E-state index in [0.717, 1.165) is 5.52 Å². The minimum Gasteiger partial charge on any atom is -0.477 e. The van der Waals surface area contributed by atoms with Gasteiger partial charge in [-0.05, 0) is 18.2 Å². The van der Waals surface area contributed by atoms with Gasteiger partial charge in [-0.15, -0.1) is 0 Å². The molecule has 1 aromatic heterocycles. The molecule has 0 fully saturated rings. The van der Waals surface area contributed by atoms with Gasteiger partial charge in [0.2, 0.25) is 5.89 Å². The van der Waals surface area contributed by atoms with E-state index in [2.05, 4.69) is 4.98 Å². The van der Waals surface area contributed by atoms with E-state index in [4.69, 9.17) is 9.15 Å². The molecule has 3 rings (SSSR count). The van der Waals surface area contributed by atoms with Gasteiger partial charge in [-0.1, -0.05) is 24.3 Å². The first-order chi connectivity index (χ1) is 9.74. The zero-order valence-electron chi connectivity index (χ0n) is 10.4. The predicted octanol–water partition coefficient (Wildman–Crippen LogP) is 3.32. The van der Waals surface area contributed by atoms with Crippen molar-refractivity contribution in [3.8, 4) is 5.75 Å². The van der Waals surface area contributed by atoms with Crippen molar-refractivity contribution in [2.75, 3.05) is 0 Å². The van der Waals surface area contributed by atoms with Gasteiger partial charge in [0, 0.05) is 6.07 Å². The third-order valence-electron chi connectivity index (χ3n) is 2.75. The highest BCUT2D eigenvalue weighted by molar-refractivity contribution is 5.72. The highest BCUT2D eigenvalue weighted by Crippen LogP contribution is 2.27. The average molecular weight is 270 g/mol. The SMILES string of the molecule is O=[N+]([O-])c1ccccc1OCc1nc2ccccc2o1. The molecule has 6 heteroatoms. The minimum absolute atomic E-state index is 0.0412. The van der Waals surface area contributed by atoms with Gasteiger partial charge >= 0.3 is 5.69 Å². The molecule has 0 bridgehead atoms. The van der Waals surface area contributed by atoms with Crippen molar-refractivity contribution in [2.24, 2.45) is 0 Å². The summed E-state index contributed by atoms with van der Waals surface area (Å²) in [7, 11) is 0. The van der Waals surface area contributed by atoms with Crippen LogP contribution in [0.1, 0.15) is 5.89 Å². The zero-order valence-corrected chi connectivity index (χ0v) is 10.4. The van der Waals surface area contributed by atoms with E-state index in [-0.39, 0.29) is 18.0 Å². The van der Waals surface area contributed by atoms with Crippen LogP contribution in [-0.2, 0) is 6.61 Å². The number of aromatic nitrogens is 1. The van der Waals surface area contributed by atoms with E-state index in [1.807, 2.05) is 18.2 Å². The lowest BCUT2D eigenvalue weighted by Crippen LogP contribution is -1.99. The van der Waals surface area contributed by atoms with Crippen molar-refractivity contribution in [1.29, 1.82) is 0 Å². The summed E-state index contributed by atoms with van der Waals surface area (Å²) >= 11 is 0. The van der Waals surface area contributed by atoms with Crippen molar-refractivity contribution < 1.29 is 14.1 Å². The number of benzene rings is 2. The second-order valence-electron chi connectivity index (χ2n) is 4.09. The Labute approximate surface area is 113 Å². The van der Waals surface area contributed by atoms with E-state index in [1.165, 1.54) is 6.07 Å². The molecule has 100 valence electrons. The lowest BCUT2D eigenvalue weighted by atomic mass is 10.3. The van der Waals surface area contributed by atoms with Gasteiger partial charge in [-0.25, -0.2) is 4.98 Å². The summed E-state index contributed by atoms with van der Waals surface area (Å²) in [5.41, 5.74) is 1.31. The Kier molecular flexibility index (Phi) is 3.04. The van der Waals surface area contributed by atoms with Crippen molar-refractivity contribution in [1.82, 2.24) is 4.98 Å². The minimum atomic E-state index is -0.485. The third kappa shape index (κ3) is 2.31. The summed E-state index contributed by atoms with van der Waals surface area (Å²) < 4.78 is 10.9. The number of rotatable bonds is 4. The number of para-hydroxylation sites is 4. The molecule has 0 aliphatic carbocycles. The zero-order chi connectivity index (χ0) is 13.9. The van der Waals surface area contributed by atoms with Crippen LogP contribution in [0.15, 0.2) is 52.9 Å². The first-order valence-electron chi connectivity index (χ1n) is 5.95. The van der Waals surface area contributed by atoms with E-state index in [0.29, 0.717) is 11.5 Å². The molecule has 20 heavy (non-hydrogen) atoms. The molecular weight excluding hydrogens is 260 g/mol. The summed E-state index contributed by atoms with van der Waals surface area (Å²) in [5, 5.41) is 10.9. The number of nitrogens with zero attached hydrogens (tertiary/aromatic N) is 2. The number of oxazole rings is 1. The summed E-state index contributed by atoms with van der Waals surface area (Å²) in [6.45, 7) is 0.0412. The summed E-state index contributed by atoms with van der Waals surface area (Å²) in [6.07, 6.45) is 0. The Morgan fingerprint density at radius 1 is 1.15 bits per heavy atom. The fraction of sp³-hybridized carbons (Fsp3) is 0.0714. The first-order valence-corrected chi connectivity index (χ1v) is 5.95. The fourth-order valence-electron chi connectivity index (χ4n) is 1.85. The molecule has 6 nitrogen and oxygen atoms in total. The predicted molar refractivity (Wildman–Crippen MR) is 71.4 cm³/mol. The van der Waals surface area contributed by atoms with Crippen LogP contribution in [0.3, 0.4) is 0 Å². The molecule has 0 aliphatic heterocycles. The Bertz CT molecular complexity index is 733. The van der Waals surface area contributed by atoms with Gasteiger partial charge in [-0.2, -0.15) is 0 Å². The van der Waals surface area contributed by atoms with Gasteiger partial charge in [0.1, 0.15) is 5.52 Å². The molecule has 0 amide bonds. The van der Waals surface area contributed by atoms with Crippen LogP contribution in [0.25, 0.3) is 11.1 Å². The number of nitro groups is 1. The van der Waals surface area contributed by atoms with Gasteiger partial charge in [0.25, 0.3) is 0 Å². The Morgan fingerprint density at radius 2 is 1.90 bits per heavy atom. The van der Waals surface area contributed by atoms with Gasteiger partial charge in [0.05, 0.1) is 4.92 Å².